The van der Waals surface area contributed by atoms with E-state index in [2.05, 4.69) is 180 Å². The van der Waals surface area contributed by atoms with Crippen molar-refractivity contribution < 1.29 is 0 Å². The summed E-state index contributed by atoms with van der Waals surface area (Å²) in [5.41, 5.74) is 9.92. The number of para-hydroxylation sites is 3. The van der Waals surface area contributed by atoms with Crippen molar-refractivity contribution in [1.82, 2.24) is 8.97 Å². The Morgan fingerprint density at radius 2 is 0.828 bits per heavy atom. The van der Waals surface area contributed by atoms with Crippen LogP contribution < -0.4 is 5.56 Å². The maximum absolute atomic E-state index is 14.4. The van der Waals surface area contributed by atoms with E-state index in [0.717, 1.165) is 65.9 Å². The molecule has 3 aromatic heterocycles. The molecular formula is C55H32N2O. The van der Waals surface area contributed by atoms with E-state index >= 15 is 0 Å². The molecule has 0 fully saturated rings. The van der Waals surface area contributed by atoms with Gasteiger partial charge in [0.25, 0.3) is 5.56 Å². The minimum absolute atomic E-state index is 0.0170. The molecule has 3 nitrogen and oxygen atoms in total. The quantitative estimate of drug-likeness (QED) is 0.166. The molecule has 58 heavy (non-hydrogen) atoms. The first-order chi connectivity index (χ1) is 28.7. The summed E-state index contributed by atoms with van der Waals surface area (Å²) in [6.07, 6.45) is 0. The zero-order valence-corrected chi connectivity index (χ0v) is 31.3. The lowest BCUT2D eigenvalue weighted by Crippen LogP contribution is -2.12. The smallest absolute Gasteiger partial charge is 0.263 e. The number of fused-ring (bicyclic) bond motifs is 14. The van der Waals surface area contributed by atoms with Gasteiger partial charge in [-0.2, -0.15) is 0 Å². The molecule has 0 unspecified atom stereocenters. The average molecular weight is 737 g/mol. The van der Waals surface area contributed by atoms with Crippen LogP contribution >= 0.6 is 0 Å². The normalized spacial score (nSPS) is 12.2. The van der Waals surface area contributed by atoms with Gasteiger partial charge in [-0.1, -0.05) is 146 Å². The maximum atomic E-state index is 14.4. The summed E-state index contributed by atoms with van der Waals surface area (Å²) in [6, 6.07) is 69.8. The van der Waals surface area contributed by atoms with Crippen molar-refractivity contribution in [2.24, 2.45) is 0 Å². The van der Waals surface area contributed by atoms with Crippen molar-refractivity contribution in [2.45, 2.75) is 0 Å². The lowest BCUT2D eigenvalue weighted by Gasteiger charge is -2.17. The van der Waals surface area contributed by atoms with Crippen molar-refractivity contribution in [2.75, 3.05) is 0 Å². The van der Waals surface area contributed by atoms with E-state index in [1.165, 1.54) is 54.1 Å². The fourth-order valence-electron chi connectivity index (χ4n) is 10.1. The molecule has 0 saturated carbocycles. The van der Waals surface area contributed by atoms with Gasteiger partial charge in [0.05, 0.1) is 22.1 Å². The van der Waals surface area contributed by atoms with Crippen LogP contribution in [0.3, 0.4) is 0 Å². The summed E-state index contributed by atoms with van der Waals surface area (Å²) < 4.78 is 4.35. The fraction of sp³-hybridized carbons (Fsp3) is 0. The lowest BCUT2D eigenvalue weighted by atomic mass is 9.86. The first-order valence-electron chi connectivity index (χ1n) is 19.9. The van der Waals surface area contributed by atoms with E-state index in [-0.39, 0.29) is 5.56 Å². The van der Waals surface area contributed by atoms with Gasteiger partial charge < -0.3 is 4.57 Å². The first kappa shape index (κ1) is 31.5. The number of benzene rings is 10. The summed E-state index contributed by atoms with van der Waals surface area (Å²) in [4.78, 5) is 14.4. The fourth-order valence-corrected chi connectivity index (χ4v) is 10.1. The Bertz CT molecular complexity index is 3890. The molecule has 13 aromatic rings. The molecule has 3 heteroatoms. The van der Waals surface area contributed by atoms with Crippen LogP contribution in [0.1, 0.15) is 0 Å². The van der Waals surface area contributed by atoms with Crippen molar-refractivity contribution in [1.29, 1.82) is 0 Å². The Balaban J connectivity index is 1.13. The number of hydrogen-bond acceptors (Lipinski definition) is 1. The molecule has 0 aliphatic carbocycles. The third kappa shape index (κ3) is 4.19. The summed E-state index contributed by atoms with van der Waals surface area (Å²) >= 11 is 0. The summed E-state index contributed by atoms with van der Waals surface area (Å²) in [5.74, 6) is 0. The van der Waals surface area contributed by atoms with Crippen LogP contribution in [0.15, 0.2) is 199 Å². The molecular weight excluding hydrogens is 705 g/mol. The topological polar surface area (TPSA) is 26.4 Å². The second kappa shape index (κ2) is 11.6. The second-order valence-electron chi connectivity index (χ2n) is 15.6. The highest BCUT2D eigenvalue weighted by Crippen LogP contribution is 2.45. The highest BCUT2D eigenvalue weighted by atomic mass is 16.1. The molecule has 13 rings (SSSR count). The largest absolute Gasteiger partial charge is 0.309 e. The molecule has 0 spiro atoms. The predicted molar refractivity (Wildman–Crippen MR) is 245 cm³/mol. The molecule has 0 amide bonds. The van der Waals surface area contributed by atoms with Crippen LogP contribution in [0.5, 0.6) is 0 Å². The molecule has 0 bridgehead atoms. The SMILES string of the molecule is O=c1c2ccccc2c2cccc3c4ccc(-c5cc(-c6cccc(-n7c8ccccc8c8ccccc87)c6)cc6c7ccccc7c7ccccc7c56)cc4n1c23. The monoisotopic (exact) mass is 736 g/mol. The van der Waals surface area contributed by atoms with Gasteiger partial charge in [-0.15, -0.1) is 0 Å². The third-order valence-electron chi connectivity index (χ3n) is 12.6. The number of hydrogen-bond donors (Lipinski definition) is 0. The number of rotatable bonds is 3. The number of nitrogens with zero attached hydrogens (tertiary/aromatic N) is 2. The van der Waals surface area contributed by atoms with Crippen molar-refractivity contribution in [3.8, 4) is 27.9 Å². The summed E-state index contributed by atoms with van der Waals surface area (Å²) in [6.45, 7) is 0. The van der Waals surface area contributed by atoms with Crippen molar-refractivity contribution >= 4 is 92.1 Å². The summed E-state index contributed by atoms with van der Waals surface area (Å²) in [7, 11) is 0. The van der Waals surface area contributed by atoms with Gasteiger partial charge >= 0.3 is 0 Å². The van der Waals surface area contributed by atoms with Gasteiger partial charge in [-0.05, 0) is 108 Å². The summed E-state index contributed by atoms with van der Waals surface area (Å²) in [5, 5.41) is 14.8. The van der Waals surface area contributed by atoms with Gasteiger partial charge in [0.1, 0.15) is 0 Å². The molecule has 0 atom stereocenters. The van der Waals surface area contributed by atoms with E-state index in [1.54, 1.807) is 0 Å². The van der Waals surface area contributed by atoms with Crippen LogP contribution in [-0.2, 0) is 0 Å². The second-order valence-corrected chi connectivity index (χ2v) is 15.6. The first-order valence-corrected chi connectivity index (χ1v) is 19.9. The van der Waals surface area contributed by atoms with Gasteiger partial charge in [0.15, 0.2) is 0 Å². The lowest BCUT2D eigenvalue weighted by molar-refractivity contribution is 1.18. The van der Waals surface area contributed by atoms with Gasteiger partial charge in [-0.3, -0.25) is 9.20 Å². The number of aromatic nitrogens is 2. The highest BCUT2D eigenvalue weighted by Gasteiger charge is 2.20. The zero-order chi connectivity index (χ0) is 38.1. The Kier molecular flexibility index (Phi) is 6.31. The van der Waals surface area contributed by atoms with Crippen LogP contribution in [-0.4, -0.2) is 8.97 Å². The molecule has 268 valence electrons. The van der Waals surface area contributed by atoms with E-state index in [1.807, 2.05) is 22.6 Å². The predicted octanol–water partition coefficient (Wildman–Crippen LogP) is 14.1. The maximum Gasteiger partial charge on any atom is 0.263 e. The van der Waals surface area contributed by atoms with E-state index in [9.17, 15) is 4.79 Å². The molecule has 10 aromatic carbocycles. The Hall–Kier alpha value is -7.75. The van der Waals surface area contributed by atoms with Crippen LogP contribution in [0.25, 0.3) is 120 Å². The van der Waals surface area contributed by atoms with E-state index in [4.69, 9.17) is 0 Å². The van der Waals surface area contributed by atoms with E-state index in [0.29, 0.717) is 0 Å². The molecule has 0 aliphatic heterocycles. The van der Waals surface area contributed by atoms with Gasteiger partial charge in [0.2, 0.25) is 0 Å². The Morgan fingerprint density at radius 1 is 0.310 bits per heavy atom. The van der Waals surface area contributed by atoms with Gasteiger partial charge in [-0.25, -0.2) is 0 Å². The zero-order valence-electron chi connectivity index (χ0n) is 31.3. The van der Waals surface area contributed by atoms with Crippen LogP contribution in [0, 0.1) is 0 Å². The number of pyridine rings is 1. The van der Waals surface area contributed by atoms with Gasteiger partial charge in [0, 0.05) is 38.0 Å². The Morgan fingerprint density at radius 3 is 1.53 bits per heavy atom. The third-order valence-corrected chi connectivity index (χ3v) is 12.6. The standard InChI is InChI=1S/C55H32N2O/c58-55-47-22-6-4-18-40(47)45-23-12-24-46-43-28-27-34(32-52(43)57(55)54(45)46)48-30-35(31-49-39-17-2-1-15-37(39)38-16-3-5-21-44(38)53(48)49)33-13-11-14-36(29-33)56-50-25-9-7-19-41(50)42-20-8-10-26-51(42)56/h1-32H. The molecule has 0 aliphatic rings. The molecule has 0 N–H and O–H groups in total. The van der Waals surface area contributed by atoms with Crippen molar-refractivity contribution in [3.63, 3.8) is 0 Å². The van der Waals surface area contributed by atoms with Crippen LogP contribution in [0.2, 0.25) is 0 Å². The van der Waals surface area contributed by atoms with Crippen molar-refractivity contribution in [3.05, 3.63) is 204 Å². The molecule has 0 radical (unpaired) electrons. The minimum Gasteiger partial charge on any atom is -0.309 e. The minimum atomic E-state index is 0.0170. The average Bonchev–Trinajstić information content (AvgIpc) is 3.81. The molecule has 0 saturated heterocycles. The van der Waals surface area contributed by atoms with Crippen LogP contribution in [0.4, 0.5) is 0 Å². The molecule has 3 heterocycles. The Labute approximate surface area is 332 Å². The highest BCUT2D eigenvalue weighted by molar-refractivity contribution is 6.29. The van der Waals surface area contributed by atoms with E-state index < -0.39 is 0 Å².